The van der Waals surface area contributed by atoms with Gasteiger partial charge in [-0.15, -0.1) is 11.3 Å². The summed E-state index contributed by atoms with van der Waals surface area (Å²) in [7, 11) is 3.20. The van der Waals surface area contributed by atoms with E-state index in [2.05, 4.69) is 15.5 Å². The van der Waals surface area contributed by atoms with E-state index in [9.17, 15) is 4.79 Å². The predicted molar refractivity (Wildman–Crippen MR) is 102 cm³/mol. The molecule has 27 heavy (non-hydrogen) atoms. The normalized spacial score (nSPS) is 11.8. The molecule has 0 bridgehead atoms. The van der Waals surface area contributed by atoms with E-state index in [1.807, 2.05) is 42.6 Å². The fourth-order valence-electron chi connectivity index (χ4n) is 2.65. The van der Waals surface area contributed by atoms with Gasteiger partial charge in [0.05, 0.1) is 25.1 Å². The van der Waals surface area contributed by atoms with Gasteiger partial charge in [0.1, 0.15) is 11.5 Å². The van der Waals surface area contributed by atoms with Crippen molar-refractivity contribution in [3.63, 3.8) is 0 Å². The lowest BCUT2D eigenvalue weighted by Crippen LogP contribution is -2.27. The average molecular weight is 387 g/mol. The molecule has 1 atom stereocenters. The number of nitrogens with zero attached hydrogens (tertiary/aromatic N) is 2. The molecular formula is C19H21N3O4S. The molecular weight excluding hydrogens is 366 g/mol. The highest BCUT2D eigenvalue weighted by Crippen LogP contribution is 2.29. The van der Waals surface area contributed by atoms with Gasteiger partial charge in [-0.1, -0.05) is 11.2 Å². The van der Waals surface area contributed by atoms with Gasteiger partial charge < -0.3 is 19.3 Å². The van der Waals surface area contributed by atoms with E-state index in [-0.39, 0.29) is 18.4 Å². The van der Waals surface area contributed by atoms with Crippen LogP contribution in [0.4, 0.5) is 0 Å². The SMILES string of the molecule is COc1ccc(OC)c(C(C)NC(=O)CCc2nc(-c3cccs3)no2)c1. The zero-order valence-corrected chi connectivity index (χ0v) is 16.2. The first kappa shape index (κ1) is 18.9. The largest absolute Gasteiger partial charge is 0.497 e. The number of hydrogen-bond donors (Lipinski definition) is 1. The lowest BCUT2D eigenvalue weighted by molar-refractivity contribution is -0.121. The molecule has 0 aliphatic heterocycles. The molecule has 0 aliphatic rings. The summed E-state index contributed by atoms with van der Waals surface area (Å²) in [6.07, 6.45) is 0.634. The summed E-state index contributed by atoms with van der Waals surface area (Å²) in [6, 6.07) is 9.12. The van der Waals surface area contributed by atoms with Crippen molar-refractivity contribution < 1.29 is 18.8 Å². The van der Waals surface area contributed by atoms with Crippen molar-refractivity contribution in [1.29, 1.82) is 0 Å². The number of carbonyl (C=O) groups is 1. The molecule has 8 heteroatoms. The molecule has 1 unspecified atom stereocenters. The van der Waals surface area contributed by atoms with Crippen LogP contribution in [-0.4, -0.2) is 30.3 Å². The summed E-state index contributed by atoms with van der Waals surface area (Å²) in [4.78, 5) is 17.6. The highest BCUT2D eigenvalue weighted by Gasteiger charge is 2.16. The molecule has 0 radical (unpaired) electrons. The Balaban J connectivity index is 1.58. The van der Waals surface area contributed by atoms with E-state index in [0.29, 0.717) is 29.6 Å². The summed E-state index contributed by atoms with van der Waals surface area (Å²) in [5, 5.41) is 8.87. The van der Waals surface area contributed by atoms with E-state index >= 15 is 0 Å². The van der Waals surface area contributed by atoms with E-state index in [1.54, 1.807) is 14.2 Å². The maximum Gasteiger partial charge on any atom is 0.227 e. The van der Waals surface area contributed by atoms with Gasteiger partial charge in [0.25, 0.3) is 0 Å². The van der Waals surface area contributed by atoms with Crippen molar-refractivity contribution in [2.45, 2.75) is 25.8 Å². The van der Waals surface area contributed by atoms with Crippen LogP contribution in [0.3, 0.4) is 0 Å². The molecule has 0 spiro atoms. The minimum atomic E-state index is -0.230. The van der Waals surface area contributed by atoms with Crippen LogP contribution in [-0.2, 0) is 11.2 Å². The second-order valence-corrected chi connectivity index (χ2v) is 6.83. The van der Waals surface area contributed by atoms with E-state index in [4.69, 9.17) is 14.0 Å². The van der Waals surface area contributed by atoms with Crippen LogP contribution in [0.5, 0.6) is 11.5 Å². The average Bonchev–Trinajstić information content (AvgIpc) is 3.37. The van der Waals surface area contributed by atoms with Crippen LogP contribution in [0.25, 0.3) is 10.7 Å². The lowest BCUT2D eigenvalue weighted by atomic mass is 10.1. The standard InChI is InChI=1S/C19H21N3O4S/c1-12(14-11-13(24-2)6-7-15(14)25-3)20-17(23)8-9-18-21-19(22-26-18)16-5-4-10-27-16/h4-7,10-12H,8-9H2,1-3H3,(H,20,23). The molecule has 1 N–H and O–H groups in total. The number of hydrogen-bond acceptors (Lipinski definition) is 7. The Morgan fingerprint density at radius 1 is 1.30 bits per heavy atom. The molecule has 7 nitrogen and oxygen atoms in total. The third-order valence-electron chi connectivity index (χ3n) is 4.06. The number of carbonyl (C=O) groups excluding carboxylic acids is 1. The smallest absolute Gasteiger partial charge is 0.227 e. The van der Waals surface area contributed by atoms with E-state index in [1.165, 1.54) is 11.3 Å². The molecule has 2 aromatic heterocycles. The Bertz CT molecular complexity index is 892. The summed E-state index contributed by atoms with van der Waals surface area (Å²) < 4.78 is 15.9. The Morgan fingerprint density at radius 2 is 2.15 bits per heavy atom. The quantitative estimate of drug-likeness (QED) is 0.635. The van der Waals surface area contributed by atoms with Crippen molar-refractivity contribution >= 4 is 17.2 Å². The van der Waals surface area contributed by atoms with Crippen LogP contribution in [0.15, 0.2) is 40.2 Å². The molecule has 0 saturated heterocycles. The molecule has 3 aromatic rings. The number of amides is 1. The number of benzene rings is 1. The van der Waals surface area contributed by atoms with Crippen molar-refractivity contribution in [2.75, 3.05) is 14.2 Å². The molecule has 1 aromatic carbocycles. The summed E-state index contributed by atoms with van der Waals surface area (Å²) in [6.45, 7) is 1.90. The number of rotatable bonds is 8. The van der Waals surface area contributed by atoms with Gasteiger partial charge in [0.2, 0.25) is 17.6 Å². The van der Waals surface area contributed by atoms with Gasteiger partial charge >= 0.3 is 0 Å². The number of nitrogens with one attached hydrogen (secondary N) is 1. The topological polar surface area (TPSA) is 86.5 Å². The minimum Gasteiger partial charge on any atom is -0.497 e. The van der Waals surface area contributed by atoms with E-state index < -0.39 is 0 Å². The maximum absolute atomic E-state index is 12.3. The fraction of sp³-hybridized carbons (Fsp3) is 0.316. The number of thiophene rings is 1. The molecule has 3 rings (SSSR count). The fourth-order valence-corrected chi connectivity index (χ4v) is 3.30. The summed E-state index contributed by atoms with van der Waals surface area (Å²) in [5.74, 6) is 2.29. The Kier molecular flexibility index (Phi) is 6.08. The molecule has 142 valence electrons. The number of methoxy groups -OCH3 is 2. The first-order chi connectivity index (χ1) is 13.1. The van der Waals surface area contributed by atoms with Crippen LogP contribution in [0.2, 0.25) is 0 Å². The Labute approximate surface area is 161 Å². The highest BCUT2D eigenvalue weighted by molar-refractivity contribution is 7.13. The zero-order valence-electron chi connectivity index (χ0n) is 15.4. The van der Waals surface area contributed by atoms with Gasteiger partial charge in [0.15, 0.2) is 0 Å². The third-order valence-corrected chi connectivity index (χ3v) is 4.92. The third kappa shape index (κ3) is 4.65. The summed E-state index contributed by atoms with van der Waals surface area (Å²) >= 11 is 1.54. The monoisotopic (exact) mass is 387 g/mol. The van der Waals surface area contributed by atoms with Crippen molar-refractivity contribution in [2.24, 2.45) is 0 Å². The van der Waals surface area contributed by atoms with Crippen LogP contribution >= 0.6 is 11.3 Å². The highest BCUT2D eigenvalue weighted by atomic mass is 32.1. The first-order valence-corrected chi connectivity index (χ1v) is 9.36. The molecule has 1 amide bonds. The van der Waals surface area contributed by atoms with Gasteiger partial charge in [0, 0.05) is 18.4 Å². The predicted octanol–water partition coefficient (Wildman–Crippen LogP) is 3.63. The molecule has 2 heterocycles. The Hall–Kier alpha value is -2.87. The second kappa shape index (κ2) is 8.68. The second-order valence-electron chi connectivity index (χ2n) is 5.89. The van der Waals surface area contributed by atoms with E-state index in [0.717, 1.165) is 10.4 Å². The zero-order chi connectivity index (χ0) is 19.2. The molecule has 0 aliphatic carbocycles. The maximum atomic E-state index is 12.3. The van der Waals surface area contributed by atoms with Gasteiger partial charge in [-0.25, -0.2) is 0 Å². The van der Waals surface area contributed by atoms with Crippen LogP contribution < -0.4 is 14.8 Å². The first-order valence-electron chi connectivity index (χ1n) is 8.48. The van der Waals surface area contributed by atoms with Crippen LogP contribution in [0.1, 0.15) is 30.8 Å². The Morgan fingerprint density at radius 3 is 2.85 bits per heavy atom. The minimum absolute atomic E-state index is 0.108. The van der Waals surface area contributed by atoms with Gasteiger partial charge in [-0.2, -0.15) is 4.98 Å². The summed E-state index contributed by atoms with van der Waals surface area (Å²) in [5.41, 5.74) is 0.850. The van der Waals surface area contributed by atoms with Crippen molar-refractivity contribution in [1.82, 2.24) is 15.5 Å². The van der Waals surface area contributed by atoms with Crippen LogP contribution in [0, 0.1) is 0 Å². The number of aryl methyl sites for hydroxylation is 1. The lowest BCUT2D eigenvalue weighted by Gasteiger charge is -2.18. The van der Waals surface area contributed by atoms with Gasteiger partial charge in [-0.3, -0.25) is 4.79 Å². The molecule has 0 saturated carbocycles. The molecule has 0 fully saturated rings. The van der Waals surface area contributed by atoms with Crippen molar-refractivity contribution in [3.05, 3.63) is 47.2 Å². The van der Waals surface area contributed by atoms with Crippen molar-refractivity contribution in [3.8, 4) is 22.2 Å². The number of aromatic nitrogens is 2. The number of ether oxygens (including phenoxy) is 2. The van der Waals surface area contributed by atoms with Gasteiger partial charge in [-0.05, 0) is 36.6 Å².